The molecule has 0 amide bonds. The minimum atomic E-state index is 0.885. The first-order valence-corrected chi connectivity index (χ1v) is 10.1. The zero-order valence-corrected chi connectivity index (χ0v) is 16.2. The van der Waals surface area contributed by atoms with E-state index in [0.717, 1.165) is 31.0 Å². The van der Waals surface area contributed by atoms with Crippen LogP contribution in [0.2, 0.25) is 0 Å². The molecule has 3 heterocycles. The van der Waals surface area contributed by atoms with Crippen molar-refractivity contribution in [3.05, 3.63) is 89.2 Å². The Bertz CT molecular complexity index is 1030. The van der Waals surface area contributed by atoms with E-state index in [0.29, 0.717) is 0 Å². The second-order valence-electron chi connectivity index (χ2n) is 6.64. The summed E-state index contributed by atoms with van der Waals surface area (Å²) in [6.07, 6.45) is 5.23. The predicted molar refractivity (Wildman–Crippen MR) is 115 cm³/mol. The van der Waals surface area contributed by atoms with Gasteiger partial charge in [-0.05, 0) is 36.1 Å². The molecule has 0 saturated carbocycles. The molecule has 136 valence electrons. The Balaban J connectivity index is 1.42. The standard InChI is InChI=1S/C23H23N3S/c1-18(16-19-8-3-2-4-9-19)17-24-13-12-22-25-23(21-11-7-15-27-21)20-10-5-6-14-26(20)22/h2-11,14-16,24H,12-13,17H2,1H3. The number of thiophene rings is 1. The molecule has 1 N–H and O–H groups in total. The quantitative estimate of drug-likeness (QED) is 0.446. The summed E-state index contributed by atoms with van der Waals surface area (Å²) in [6.45, 7) is 3.95. The number of nitrogens with one attached hydrogen (secondary N) is 1. The number of imidazole rings is 1. The van der Waals surface area contributed by atoms with E-state index in [1.165, 1.54) is 21.5 Å². The number of nitrogens with zero attached hydrogens (tertiary/aromatic N) is 2. The maximum absolute atomic E-state index is 4.93. The number of pyridine rings is 1. The summed E-state index contributed by atoms with van der Waals surface area (Å²) in [5.41, 5.74) is 4.83. The van der Waals surface area contributed by atoms with Crippen LogP contribution < -0.4 is 5.32 Å². The van der Waals surface area contributed by atoms with Crippen molar-refractivity contribution in [2.24, 2.45) is 0 Å². The van der Waals surface area contributed by atoms with E-state index >= 15 is 0 Å². The molecule has 0 bridgehead atoms. The number of benzene rings is 1. The smallest absolute Gasteiger partial charge is 0.115 e. The minimum Gasteiger partial charge on any atom is -0.313 e. The fourth-order valence-corrected chi connectivity index (χ4v) is 3.97. The average Bonchev–Trinajstić information content (AvgIpc) is 3.34. The van der Waals surface area contributed by atoms with Gasteiger partial charge in [0.25, 0.3) is 0 Å². The molecule has 3 nitrogen and oxygen atoms in total. The number of rotatable bonds is 7. The highest BCUT2D eigenvalue weighted by Gasteiger charge is 2.12. The Morgan fingerprint density at radius 2 is 1.93 bits per heavy atom. The third kappa shape index (κ3) is 4.18. The molecular weight excluding hydrogens is 350 g/mol. The van der Waals surface area contributed by atoms with Crippen molar-refractivity contribution < 1.29 is 0 Å². The van der Waals surface area contributed by atoms with Crippen molar-refractivity contribution in [3.63, 3.8) is 0 Å². The second kappa shape index (κ2) is 8.33. The van der Waals surface area contributed by atoms with E-state index in [-0.39, 0.29) is 0 Å². The number of fused-ring (bicyclic) bond motifs is 1. The lowest BCUT2D eigenvalue weighted by molar-refractivity contribution is 0.706. The first-order chi connectivity index (χ1) is 13.3. The van der Waals surface area contributed by atoms with Crippen molar-refractivity contribution in [2.75, 3.05) is 13.1 Å². The van der Waals surface area contributed by atoms with Gasteiger partial charge < -0.3 is 9.72 Å². The lowest BCUT2D eigenvalue weighted by Gasteiger charge is -2.05. The van der Waals surface area contributed by atoms with Gasteiger partial charge >= 0.3 is 0 Å². The Labute approximate surface area is 164 Å². The summed E-state index contributed by atoms with van der Waals surface area (Å²) in [7, 11) is 0. The van der Waals surface area contributed by atoms with Gasteiger partial charge in [-0.3, -0.25) is 0 Å². The molecule has 4 aromatic rings. The molecule has 0 aliphatic carbocycles. The number of aromatic nitrogens is 2. The van der Waals surface area contributed by atoms with E-state index in [1.54, 1.807) is 11.3 Å². The van der Waals surface area contributed by atoms with Gasteiger partial charge in [0.2, 0.25) is 0 Å². The van der Waals surface area contributed by atoms with Gasteiger partial charge in [0, 0.05) is 25.7 Å². The van der Waals surface area contributed by atoms with Crippen molar-refractivity contribution in [1.82, 2.24) is 14.7 Å². The molecule has 0 fully saturated rings. The summed E-state index contributed by atoms with van der Waals surface area (Å²) in [6, 6.07) is 21.0. The molecule has 0 atom stereocenters. The van der Waals surface area contributed by atoms with E-state index in [9.17, 15) is 0 Å². The summed E-state index contributed by atoms with van der Waals surface area (Å²) in [4.78, 5) is 6.16. The third-order valence-electron chi connectivity index (χ3n) is 4.52. The topological polar surface area (TPSA) is 29.3 Å². The largest absolute Gasteiger partial charge is 0.313 e. The van der Waals surface area contributed by atoms with E-state index in [2.05, 4.69) is 88.9 Å². The number of hydrogen-bond donors (Lipinski definition) is 1. The fourth-order valence-electron chi connectivity index (χ4n) is 3.24. The first-order valence-electron chi connectivity index (χ1n) is 9.24. The molecule has 1 aromatic carbocycles. The van der Waals surface area contributed by atoms with Gasteiger partial charge in [-0.25, -0.2) is 4.98 Å². The van der Waals surface area contributed by atoms with Gasteiger partial charge in [0.1, 0.15) is 11.5 Å². The second-order valence-corrected chi connectivity index (χ2v) is 7.59. The Kier molecular flexibility index (Phi) is 5.47. The molecule has 0 saturated heterocycles. The molecule has 0 aliphatic rings. The predicted octanol–water partition coefficient (Wildman–Crippen LogP) is 5.30. The van der Waals surface area contributed by atoms with Crippen LogP contribution in [0.25, 0.3) is 22.2 Å². The van der Waals surface area contributed by atoms with Gasteiger partial charge in [-0.2, -0.15) is 0 Å². The van der Waals surface area contributed by atoms with Crippen LogP contribution in [0.1, 0.15) is 18.3 Å². The molecule has 4 rings (SSSR count). The van der Waals surface area contributed by atoms with E-state index in [4.69, 9.17) is 4.98 Å². The molecule has 27 heavy (non-hydrogen) atoms. The van der Waals surface area contributed by atoms with Crippen LogP contribution in [0.5, 0.6) is 0 Å². The molecule has 0 spiro atoms. The highest BCUT2D eigenvalue weighted by molar-refractivity contribution is 7.13. The molecule has 0 unspecified atom stereocenters. The van der Waals surface area contributed by atoms with Crippen LogP contribution in [-0.4, -0.2) is 22.5 Å². The van der Waals surface area contributed by atoms with Gasteiger partial charge in [0.05, 0.1) is 10.4 Å². The first kappa shape index (κ1) is 17.7. The Morgan fingerprint density at radius 1 is 1.07 bits per heavy atom. The molecule has 3 aromatic heterocycles. The zero-order valence-electron chi connectivity index (χ0n) is 15.4. The van der Waals surface area contributed by atoms with Crippen molar-refractivity contribution in [1.29, 1.82) is 0 Å². The van der Waals surface area contributed by atoms with Crippen LogP contribution in [0.4, 0.5) is 0 Å². The van der Waals surface area contributed by atoms with E-state index < -0.39 is 0 Å². The van der Waals surface area contributed by atoms with Crippen molar-refractivity contribution >= 4 is 22.9 Å². The van der Waals surface area contributed by atoms with Gasteiger partial charge in [-0.1, -0.05) is 54.1 Å². The molecular formula is C23H23N3S. The highest BCUT2D eigenvalue weighted by Crippen LogP contribution is 2.28. The lowest BCUT2D eigenvalue weighted by atomic mass is 10.1. The van der Waals surface area contributed by atoms with Crippen LogP contribution in [-0.2, 0) is 6.42 Å². The van der Waals surface area contributed by atoms with Crippen LogP contribution >= 0.6 is 11.3 Å². The minimum absolute atomic E-state index is 0.885. The number of hydrogen-bond acceptors (Lipinski definition) is 3. The van der Waals surface area contributed by atoms with Crippen LogP contribution in [0, 0.1) is 0 Å². The zero-order chi connectivity index (χ0) is 18.5. The maximum Gasteiger partial charge on any atom is 0.115 e. The van der Waals surface area contributed by atoms with Gasteiger partial charge in [-0.15, -0.1) is 11.3 Å². The molecule has 0 radical (unpaired) electrons. The normalized spacial score (nSPS) is 12.0. The van der Waals surface area contributed by atoms with Crippen LogP contribution in [0.3, 0.4) is 0 Å². The molecule has 4 heteroatoms. The average molecular weight is 374 g/mol. The van der Waals surface area contributed by atoms with Crippen molar-refractivity contribution in [3.8, 4) is 10.6 Å². The fraction of sp³-hybridized carbons (Fsp3) is 0.174. The Morgan fingerprint density at radius 3 is 2.74 bits per heavy atom. The summed E-state index contributed by atoms with van der Waals surface area (Å²) >= 11 is 1.74. The maximum atomic E-state index is 4.93. The Hall–Kier alpha value is -2.69. The monoisotopic (exact) mass is 373 g/mol. The summed E-state index contributed by atoms with van der Waals surface area (Å²) in [5, 5.41) is 5.65. The third-order valence-corrected chi connectivity index (χ3v) is 5.39. The molecule has 0 aliphatic heterocycles. The SMILES string of the molecule is CC(=Cc1ccccc1)CNCCc1nc(-c2cccs2)c2ccccn12. The van der Waals surface area contributed by atoms with Gasteiger partial charge in [0.15, 0.2) is 0 Å². The van der Waals surface area contributed by atoms with E-state index in [1.807, 2.05) is 6.07 Å². The summed E-state index contributed by atoms with van der Waals surface area (Å²) < 4.78 is 2.21. The van der Waals surface area contributed by atoms with Crippen molar-refractivity contribution in [2.45, 2.75) is 13.3 Å². The summed E-state index contributed by atoms with van der Waals surface area (Å²) in [5.74, 6) is 1.10. The van der Waals surface area contributed by atoms with Crippen LogP contribution in [0.15, 0.2) is 77.8 Å². The lowest BCUT2D eigenvalue weighted by Crippen LogP contribution is -2.20. The highest BCUT2D eigenvalue weighted by atomic mass is 32.1.